The summed E-state index contributed by atoms with van der Waals surface area (Å²) in [5.41, 5.74) is 3.26. The minimum atomic E-state index is -3.65. The fraction of sp³-hybridized carbons (Fsp3) is 0.607. The predicted molar refractivity (Wildman–Crippen MR) is 150 cm³/mol. The molecule has 1 aromatic heterocycles. The number of pyridine rings is 1. The van der Waals surface area contributed by atoms with Gasteiger partial charge in [0.05, 0.1) is 38.3 Å². The van der Waals surface area contributed by atoms with Crippen LogP contribution in [0.1, 0.15) is 44.7 Å². The molecule has 11 heteroatoms. The Hall–Kier alpha value is -2.44. The van der Waals surface area contributed by atoms with Crippen molar-refractivity contribution in [1.82, 2.24) is 9.88 Å². The number of anilines is 1. The van der Waals surface area contributed by atoms with E-state index in [-0.39, 0.29) is 30.0 Å². The molecule has 0 spiro atoms. The highest BCUT2D eigenvalue weighted by Gasteiger charge is 2.31. The first-order valence-electron chi connectivity index (χ1n) is 13.4. The summed E-state index contributed by atoms with van der Waals surface area (Å²) in [6.45, 7) is 9.56. The molecule has 4 rings (SSSR count). The van der Waals surface area contributed by atoms with E-state index < -0.39 is 15.6 Å². The third kappa shape index (κ3) is 7.61. The fourth-order valence-corrected chi connectivity index (χ4v) is 6.20. The van der Waals surface area contributed by atoms with Gasteiger partial charge in [0.1, 0.15) is 17.5 Å². The van der Waals surface area contributed by atoms with Gasteiger partial charge < -0.3 is 24.1 Å². The van der Waals surface area contributed by atoms with Crippen molar-refractivity contribution in [1.29, 1.82) is 0 Å². The Bertz CT molecular complexity index is 1240. The molecular formula is C28H41N3O7S. The molecule has 2 aliphatic rings. The van der Waals surface area contributed by atoms with Gasteiger partial charge in [-0.3, -0.25) is 9.62 Å². The first-order chi connectivity index (χ1) is 18.5. The lowest BCUT2D eigenvalue weighted by molar-refractivity contribution is -0.0163. The molecular weight excluding hydrogens is 522 g/mol. The molecule has 2 aromatic rings. The summed E-state index contributed by atoms with van der Waals surface area (Å²) in [6, 6.07) is 5.72. The van der Waals surface area contributed by atoms with E-state index in [0.29, 0.717) is 19.1 Å². The summed E-state index contributed by atoms with van der Waals surface area (Å²) >= 11 is 0. The van der Waals surface area contributed by atoms with Crippen LogP contribution in [-0.4, -0.2) is 81.3 Å². The molecule has 0 radical (unpaired) electrons. The highest BCUT2D eigenvalue weighted by atomic mass is 32.2. The van der Waals surface area contributed by atoms with Crippen molar-refractivity contribution in [2.45, 2.75) is 58.5 Å². The average molecular weight is 564 g/mol. The van der Waals surface area contributed by atoms with Gasteiger partial charge in [-0.1, -0.05) is 0 Å². The first kappa shape index (κ1) is 29.5. The number of piperidine rings is 1. The van der Waals surface area contributed by atoms with Gasteiger partial charge in [-0.25, -0.2) is 13.4 Å². The smallest absolute Gasteiger partial charge is 0.238 e. The van der Waals surface area contributed by atoms with Crippen molar-refractivity contribution in [2.24, 2.45) is 5.92 Å². The Morgan fingerprint density at radius 1 is 1.18 bits per heavy atom. The number of rotatable bonds is 12. The number of nitrogens with one attached hydrogen (secondary N) is 1. The lowest BCUT2D eigenvalue weighted by atomic mass is 9.83. The Morgan fingerprint density at radius 2 is 1.92 bits per heavy atom. The molecule has 0 aliphatic carbocycles. The molecule has 1 saturated heterocycles. The molecule has 1 atom stereocenters. The van der Waals surface area contributed by atoms with E-state index in [2.05, 4.69) is 21.5 Å². The molecule has 1 aromatic carbocycles. The van der Waals surface area contributed by atoms with Crippen LogP contribution in [0.2, 0.25) is 0 Å². The van der Waals surface area contributed by atoms with E-state index >= 15 is 0 Å². The van der Waals surface area contributed by atoms with Crippen LogP contribution in [0.5, 0.6) is 11.6 Å². The summed E-state index contributed by atoms with van der Waals surface area (Å²) in [6.07, 6.45) is 3.54. The Balaban J connectivity index is 1.52. The summed E-state index contributed by atoms with van der Waals surface area (Å²) in [4.78, 5) is 6.74. The van der Waals surface area contributed by atoms with Crippen LogP contribution in [0, 0.1) is 5.92 Å². The minimum absolute atomic E-state index is 0.0548. The van der Waals surface area contributed by atoms with Crippen molar-refractivity contribution >= 4 is 15.7 Å². The van der Waals surface area contributed by atoms with Crippen molar-refractivity contribution in [3.8, 4) is 22.8 Å². The number of likely N-dealkylation sites (tertiary alicyclic amines) is 1. The second-order valence-electron chi connectivity index (χ2n) is 11.0. The second-order valence-corrected chi connectivity index (χ2v) is 12.8. The van der Waals surface area contributed by atoms with E-state index in [4.69, 9.17) is 18.9 Å². The maximum atomic E-state index is 12.5. The standard InChI is InChI=1S/C28H41N3O7S/c1-19(16-31-8-6-23(7-9-31)28(2,3)32)38-26-14-20(12-22-17-37-18-24(22)26)21-13-25(27(36-5)29-15-21)30-39(33,34)11-10-35-4/h12-15,19,23,30,32H,6-11,16-18H2,1-5H3/t19-/m1/s1. The molecule has 39 heavy (non-hydrogen) atoms. The van der Waals surface area contributed by atoms with Crippen LogP contribution >= 0.6 is 0 Å². The van der Waals surface area contributed by atoms with E-state index in [1.54, 1.807) is 12.3 Å². The molecule has 0 amide bonds. The maximum absolute atomic E-state index is 12.5. The van der Waals surface area contributed by atoms with Gasteiger partial charge in [-0.05, 0) is 81.9 Å². The molecule has 2 aliphatic heterocycles. The van der Waals surface area contributed by atoms with Gasteiger partial charge >= 0.3 is 0 Å². The van der Waals surface area contributed by atoms with Crippen LogP contribution in [0.4, 0.5) is 5.69 Å². The molecule has 216 valence electrons. The number of methoxy groups -OCH3 is 2. The maximum Gasteiger partial charge on any atom is 0.238 e. The zero-order valence-electron chi connectivity index (χ0n) is 23.5. The van der Waals surface area contributed by atoms with E-state index in [1.165, 1.54) is 14.2 Å². The van der Waals surface area contributed by atoms with Crippen molar-refractivity contribution < 1.29 is 32.5 Å². The van der Waals surface area contributed by atoms with Gasteiger partial charge in [-0.15, -0.1) is 0 Å². The van der Waals surface area contributed by atoms with E-state index in [0.717, 1.165) is 60.5 Å². The molecule has 0 unspecified atom stereocenters. The summed E-state index contributed by atoms with van der Waals surface area (Å²) in [7, 11) is -0.745. The number of sulfonamides is 1. The monoisotopic (exact) mass is 563 g/mol. The van der Waals surface area contributed by atoms with Crippen LogP contribution in [0.25, 0.3) is 11.1 Å². The van der Waals surface area contributed by atoms with Crippen LogP contribution < -0.4 is 14.2 Å². The summed E-state index contributed by atoms with van der Waals surface area (Å²) < 4.78 is 50.0. The first-order valence-corrected chi connectivity index (χ1v) is 15.0. The minimum Gasteiger partial charge on any atom is -0.489 e. The van der Waals surface area contributed by atoms with Gasteiger partial charge in [0, 0.05) is 31.0 Å². The van der Waals surface area contributed by atoms with E-state index in [1.807, 2.05) is 26.0 Å². The summed E-state index contributed by atoms with van der Waals surface area (Å²) in [5, 5.41) is 10.3. The average Bonchev–Trinajstić information content (AvgIpc) is 3.36. The fourth-order valence-electron chi connectivity index (χ4n) is 5.23. The number of ether oxygens (including phenoxy) is 4. The molecule has 0 bridgehead atoms. The van der Waals surface area contributed by atoms with Gasteiger partial charge in [0.2, 0.25) is 15.9 Å². The Labute approximate surface area is 231 Å². The topological polar surface area (TPSA) is 119 Å². The van der Waals surface area contributed by atoms with Gasteiger partial charge in [0.15, 0.2) is 0 Å². The third-order valence-corrected chi connectivity index (χ3v) is 8.67. The molecule has 1 fully saturated rings. The normalized spacial score (nSPS) is 17.6. The molecule has 0 saturated carbocycles. The van der Waals surface area contributed by atoms with Crippen molar-refractivity contribution in [2.75, 3.05) is 50.9 Å². The van der Waals surface area contributed by atoms with Gasteiger partial charge in [-0.2, -0.15) is 0 Å². The van der Waals surface area contributed by atoms with Crippen LogP contribution in [0.15, 0.2) is 24.4 Å². The number of aromatic nitrogens is 1. The SMILES string of the molecule is COCCS(=O)(=O)Nc1cc(-c2cc3c(c(O[C@H](C)CN4CCC(C(C)(C)O)CC4)c2)COC3)cnc1OC. The number of hydrogen-bond donors (Lipinski definition) is 2. The van der Waals surface area contributed by atoms with E-state index in [9.17, 15) is 13.5 Å². The number of nitrogens with zero attached hydrogens (tertiary/aromatic N) is 2. The Morgan fingerprint density at radius 3 is 2.59 bits per heavy atom. The third-order valence-electron chi connectivity index (χ3n) is 7.43. The number of fused-ring (bicyclic) bond motifs is 1. The summed E-state index contributed by atoms with van der Waals surface area (Å²) in [5.74, 6) is 1.08. The molecule has 2 N–H and O–H groups in total. The highest BCUT2D eigenvalue weighted by Crippen LogP contribution is 2.37. The lowest BCUT2D eigenvalue weighted by Gasteiger charge is -2.38. The lowest BCUT2D eigenvalue weighted by Crippen LogP contribution is -2.44. The quantitative estimate of drug-likeness (QED) is 0.400. The zero-order valence-corrected chi connectivity index (χ0v) is 24.3. The largest absolute Gasteiger partial charge is 0.489 e. The van der Waals surface area contributed by atoms with Gasteiger partial charge in [0.25, 0.3) is 0 Å². The number of hydrogen-bond acceptors (Lipinski definition) is 9. The second kappa shape index (κ2) is 12.4. The predicted octanol–water partition coefficient (Wildman–Crippen LogP) is 3.43. The van der Waals surface area contributed by atoms with Crippen molar-refractivity contribution in [3.05, 3.63) is 35.5 Å². The Kier molecular flexibility index (Phi) is 9.38. The van der Waals surface area contributed by atoms with Crippen molar-refractivity contribution in [3.63, 3.8) is 0 Å². The highest BCUT2D eigenvalue weighted by molar-refractivity contribution is 7.92. The molecule has 3 heterocycles. The number of aliphatic hydroxyl groups is 1. The zero-order chi connectivity index (χ0) is 28.2. The number of benzene rings is 1. The van der Waals surface area contributed by atoms with Crippen LogP contribution in [0.3, 0.4) is 0 Å². The van der Waals surface area contributed by atoms with Crippen LogP contribution in [-0.2, 0) is 32.7 Å². The molecule has 10 nitrogen and oxygen atoms in total.